The van der Waals surface area contributed by atoms with E-state index in [1.165, 1.54) is 0 Å². The topological polar surface area (TPSA) is 101 Å². The Morgan fingerprint density at radius 2 is 2.00 bits per heavy atom. The van der Waals surface area contributed by atoms with Crippen LogP contribution in [-0.2, 0) is 0 Å². The second kappa shape index (κ2) is 3.44. The first-order valence-corrected chi connectivity index (χ1v) is 5.01. The number of benzene rings is 1. The maximum Gasteiger partial charge on any atom is 0.173 e. The van der Waals surface area contributed by atoms with E-state index in [1.807, 2.05) is 6.07 Å². The Bertz CT molecular complexity index is 691. The Labute approximate surface area is 96.1 Å². The molecule has 6 nitrogen and oxygen atoms in total. The lowest BCUT2D eigenvalue weighted by Gasteiger charge is -2.02. The molecule has 3 rings (SSSR count). The lowest BCUT2D eigenvalue weighted by molar-refractivity contribution is 0.477. The number of phenols is 1. The lowest BCUT2D eigenvalue weighted by atomic mass is 10.1. The summed E-state index contributed by atoms with van der Waals surface area (Å²) in [4.78, 5) is 0. The molecule has 0 amide bonds. The molecule has 0 aliphatic carbocycles. The Kier molecular flexibility index (Phi) is 1.94. The van der Waals surface area contributed by atoms with Gasteiger partial charge in [-0.25, -0.2) is 0 Å². The van der Waals surface area contributed by atoms with Gasteiger partial charge >= 0.3 is 0 Å². The average molecular weight is 227 g/mol. The standard InChI is InChI=1S/C11H9N5O/c12-11-10-8(14-16-11)5-7(13-15-10)6-3-1-2-4-9(6)17/h1-5,17H,(H3,12,14,16). The normalized spacial score (nSPS) is 10.8. The molecule has 84 valence electrons. The summed E-state index contributed by atoms with van der Waals surface area (Å²) in [6.07, 6.45) is 0. The molecule has 0 atom stereocenters. The Morgan fingerprint density at radius 3 is 2.82 bits per heavy atom. The van der Waals surface area contributed by atoms with Gasteiger partial charge in [0.05, 0.1) is 11.2 Å². The summed E-state index contributed by atoms with van der Waals surface area (Å²) < 4.78 is 0. The number of nitrogens with two attached hydrogens (primary N) is 1. The van der Waals surface area contributed by atoms with Crippen molar-refractivity contribution in [1.29, 1.82) is 0 Å². The second-order valence-electron chi connectivity index (χ2n) is 3.62. The summed E-state index contributed by atoms with van der Waals surface area (Å²) in [5.41, 5.74) is 8.01. The van der Waals surface area contributed by atoms with Crippen molar-refractivity contribution in [2.75, 3.05) is 5.73 Å². The summed E-state index contributed by atoms with van der Waals surface area (Å²) in [5, 5.41) is 24.3. The quantitative estimate of drug-likeness (QED) is 0.581. The monoisotopic (exact) mass is 227 g/mol. The van der Waals surface area contributed by atoms with Gasteiger partial charge in [-0.15, -0.1) is 10.2 Å². The summed E-state index contributed by atoms with van der Waals surface area (Å²) >= 11 is 0. The fourth-order valence-electron chi connectivity index (χ4n) is 1.66. The number of H-pyrrole nitrogens is 1. The number of aromatic hydroxyl groups is 1. The molecule has 0 bridgehead atoms. The van der Waals surface area contributed by atoms with Gasteiger partial charge in [0.25, 0.3) is 0 Å². The number of hydrogen-bond acceptors (Lipinski definition) is 5. The van der Waals surface area contributed by atoms with Gasteiger partial charge in [-0.2, -0.15) is 5.10 Å². The SMILES string of the molecule is Nc1n[nH]c2cc(-c3ccccc3O)nnc12. The molecule has 0 spiro atoms. The molecule has 1 aromatic carbocycles. The van der Waals surface area contributed by atoms with Crippen molar-refractivity contribution in [2.45, 2.75) is 0 Å². The van der Waals surface area contributed by atoms with E-state index >= 15 is 0 Å². The highest BCUT2D eigenvalue weighted by atomic mass is 16.3. The minimum absolute atomic E-state index is 0.161. The van der Waals surface area contributed by atoms with E-state index < -0.39 is 0 Å². The van der Waals surface area contributed by atoms with E-state index in [1.54, 1.807) is 24.3 Å². The molecule has 3 aromatic rings. The van der Waals surface area contributed by atoms with Gasteiger partial charge in [0, 0.05) is 5.56 Å². The van der Waals surface area contributed by atoms with Crippen LogP contribution >= 0.6 is 0 Å². The number of aromatic amines is 1. The molecule has 4 N–H and O–H groups in total. The Morgan fingerprint density at radius 1 is 1.18 bits per heavy atom. The number of nitrogens with zero attached hydrogens (tertiary/aromatic N) is 3. The fourth-order valence-corrected chi connectivity index (χ4v) is 1.66. The zero-order valence-electron chi connectivity index (χ0n) is 8.75. The van der Waals surface area contributed by atoms with Crippen LogP contribution in [0.1, 0.15) is 0 Å². The second-order valence-corrected chi connectivity index (χ2v) is 3.62. The van der Waals surface area contributed by atoms with Crippen LogP contribution in [0, 0.1) is 0 Å². The van der Waals surface area contributed by atoms with E-state index in [0.717, 1.165) is 0 Å². The van der Waals surface area contributed by atoms with E-state index in [-0.39, 0.29) is 5.75 Å². The largest absolute Gasteiger partial charge is 0.507 e. The highest BCUT2D eigenvalue weighted by Gasteiger charge is 2.09. The molecule has 0 saturated carbocycles. The van der Waals surface area contributed by atoms with Gasteiger partial charge in [0.2, 0.25) is 0 Å². The van der Waals surface area contributed by atoms with Crippen molar-refractivity contribution in [3.8, 4) is 17.0 Å². The third-order valence-corrected chi connectivity index (χ3v) is 2.51. The Balaban J connectivity index is 2.22. The van der Waals surface area contributed by atoms with E-state index in [4.69, 9.17) is 5.73 Å². The van der Waals surface area contributed by atoms with Gasteiger partial charge in [-0.05, 0) is 18.2 Å². The van der Waals surface area contributed by atoms with Gasteiger partial charge in [0.1, 0.15) is 5.75 Å². The smallest absolute Gasteiger partial charge is 0.173 e. The minimum atomic E-state index is 0.161. The van der Waals surface area contributed by atoms with Crippen LogP contribution in [0.25, 0.3) is 22.3 Å². The van der Waals surface area contributed by atoms with Crippen LogP contribution in [0.5, 0.6) is 5.75 Å². The number of aromatic nitrogens is 4. The number of rotatable bonds is 1. The molecular weight excluding hydrogens is 218 g/mol. The van der Waals surface area contributed by atoms with E-state index in [2.05, 4.69) is 20.4 Å². The van der Waals surface area contributed by atoms with Gasteiger partial charge in [0.15, 0.2) is 11.3 Å². The fraction of sp³-hybridized carbons (Fsp3) is 0. The molecule has 17 heavy (non-hydrogen) atoms. The highest BCUT2D eigenvalue weighted by molar-refractivity contribution is 5.86. The van der Waals surface area contributed by atoms with Crippen LogP contribution in [0.15, 0.2) is 30.3 Å². The number of hydrogen-bond donors (Lipinski definition) is 3. The maximum absolute atomic E-state index is 9.72. The van der Waals surface area contributed by atoms with Crippen molar-refractivity contribution >= 4 is 16.9 Å². The summed E-state index contributed by atoms with van der Waals surface area (Å²) in [6.45, 7) is 0. The number of fused-ring (bicyclic) bond motifs is 1. The molecule has 0 aliphatic heterocycles. The predicted octanol–water partition coefficient (Wildman–Crippen LogP) is 1.31. The van der Waals surface area contributed by atoms with Gasteiger partial charge in [-0.3, -0.25) is 5.10 Å². The molecule has 2 heterocycles. The van der Waals surface area contributed by atoms with Gasteiger partial charge < -0.3 is 10.8 Å². The Hall–Kier alpha value is -2.63. The van der Waals surface area contributed by atoms with Gasteiger partial charge in [-0.1, -0.05) is 12.1 Å². The molecule has 2 aromatic heterocycles. The number of nitrogen functional groups attached to an aromatic ring is 1. The first kappa shape index (κ1) is 9.59. The zero-order valence-corrected chi connectivity index (χ0v) is 8.75. The first-order chi connectivity index (χ1) is 8.25. The van der Waals surface area contributed by atoms with Crippen molar-refractivity contribution in [3.05, 3.63) is 30.3 Å². The molecule has 6 heteroatoms. The predicted molar refractivity (Wildman–Crippen MR) is 63.2 cm³/mol. The van der Waals surface area contributed by atoms with Crippen molar-refractivity contribution < 1.29 is 5.11 Å². The minimum Gasteiger partial charge on any atom is -0.507 e. The summed E-state index contributed by atoms with van der Waals surface area (Å²) in [6, 6.07) is 8.69. The first-order valence-electron chi connectivity index (χ1n) is 5.01. The number of anilines is 1. The van der Waals surface area contributed by atoms with Crippen molar-refractivity contribution in [1.82, 2.24) is 20.4 Å². The van der Waals surface area contributed by atoms with Crippen LogP contribution in [0.3, 0.4) is 0 Å². The van der Waals surface area contributed by atoms with E-state index in [0.29, 0.717) is 28.1 Å². The number of phenolic OH excluding ortho intramolecular Hbond substituents is 1. The number of para-hydroxylation sites is 1. The molecule has 0 fully saturated rings. The lowest BCUT2D eigenvalue weighted by Crippen LogP contribution is -1.90. The van der Waals surface area contributed by atoms with Crippen LogP contribution < -0.4 is 5.73 Å². The zero-order chi connectivity index (χ0) is 11.8. The van der Waals surface area contributed by atoms with E-state index in [9.17, 15) is 5.11 Å². The third-order valence-electron chi connectivity index (χ3n) is 2.51. The molecular formula is C11H9N5O. The molecule has 0 aliphatic rings. The summed E-state index contributed by atoms with van der Waals surface area (Å²) in [5.74, 6) is 0.477. The van der Waals surface area contributed by atoms with Crippen LogP contribution in [0.2, 0.25) is 0 Å². The third kappa shape index (κ3) is 1.46. The molecule has 0 unspecified atom stereocenters. The molecule has 0 radical (unpaired) electrons. The molecule has 0 saturated heterocycles. The summed E-state index contributed by atoms with van der Waals surface area (Å²) in [7, 11) is 0. The van der Waals surface area contributed by atoms with Crippen LogP contribution in [0.4, 0.5) is 5.82 Å². The maximum atomic E-state index is 9.72. The van der Waals surface area contributed by atoms with Crippen molar-refractivity contribution in [2.24, 2.45) is 0 Å². The highest BCUT2D eigenvalue weighted by Crippen LogP contribution is 2.28. The van der Waals surface area contributed by atoms with Crippen molar-refractivity contribution in [3.63, 3.8) is 0 Å². The van der Waals surface area contributed by atoms with Crippen LogP contribution in [-0.4, -0.2) is 25.5 Å². The number of nitrogens with one attached hydrogen (secondary N) is 1. The average Bonchev–Trinajstić information content (AvgIpc) is 2.71.